The Kier molecular flexibility index (Phi) is 1.94. The van der Waals surface area contributed by atoms with Crippen LogP contribution in [0, 0.1) is 0 Å². The Morgan fingerprint density at radius 3 is 3.16 bits per heavy atom. The molecule has 1 aromatic rings. The number of thioether (sulfide) groups is 1. The zero-order valence-electron chi connectivity index (χ0n) is 13.3. The maximum absolute atomic E-state index is 12.9. The average molecular weight is 353 g/mol. The zero-order valence-corrected chi connectivity index (χ0v) is 14.1. The van der Waals surface area contributed by atoms with Gasteiger partial charge >= 0.3 is 0 Å². The number of carbonyl (C=O) groups is 1. The van der Waals surface area contributed by atoms with E-state index in [9.17, 15) is 15.0 Å². The molecule has 0 aromatic heterocycles. The Morgan fingerprint density at radius 2 is 2.28 bits per heavy atom. The first-order valence-corrected chi connectivity index (χ1v) is 9.70. The number of ketones is 1. The Morgan fingerprint density at radius 1 is 1.40 bits per heavy atom. The number of phenolic OH excluding ortho intramolecular Hbond substituents is 1. The van der Waals surface area contributed by atoms with Gasteiger partial charge in [0, 0.05) is 47.0 Å². The number of fused-ring (bicyclic) bond motifs is 3. The molecule has 1 aliphatic carbocycles. The number of rotatable bonds is 0. The van der Waals surface area contributed by atoms with Crippen LogP contribution in [0.25, 0.3) is 5.57 Å². The summed E-state index contributed by atoms with van der Waals surface area (Å²) in [5, 5.41) is 24.1. The number of aliphatic imine (C=N–C) groups is 1. The maximum Gasteiger partial charge on any atom is 0.199 e. The maximum atomic E-state index is 12.9. The molecule has 1 unspecified atom stereocenters. The van der Waals surface area contributed by atoms with Gasteiger partial charge in [-0.25, -0.2) is 0 Å². The normalized spacial score (nSPS) is 40.6. The summed E-state index contributed by atoms with van der Waals surface area (Å²) in [4.78, 5) is 24.1. The highest BCUT2D eigenvalue weighted by Crippen LogP contribution is 2.63. The molecule has 7 rings (SSSR count). The molecule has 7 heteroatoms. The Labute approximate surface area is 147 Å². The molecule has 4 atom stereocenters. The second kappa shape index (κ2) is 3.64. The lowest BCUT2D eigenvalue weighted by molar-refractivity contribution is -0.145. The topological polar surface area (TPSA) is 85.5 Å². The number of aromatic hydroxyl groups is 1. The Hall–Kier alpha value is -1.86. The van der Waals surface area contributed by atoms with Crippen molar-refractivity contribution in [2.75, 3.05) is 11.4 Å². The Balaban J connectivity index is 1.76. The first kappa shape index (κ1) is 13.4. The van der Waals surface area contributed by atoms with Crippen LogP contribution in [0.4, 0.5) is 11.4 Å². The van der Waals surface area contributed by atoms with Gasteiger partial charge in [-0.15, -0.1) is 11.8 Å². The van der Waals surface area contributed by atoms with Crippen molar-refractivity contribution in [2.24, 2.45) is 9.98 Å². The van der Waals surface area contributed by atoms with Crippen LogP contribution in [0.3, 0.4) is 0 Å². The van der Waals surface area contributed by atoms with E-state index in [-0.39, 0.29) is 27.6 Å². The molecule has 1 aromatic carbocycles. The number of aliphatic hydroxyl groups is 1. The third-order valence-corrected chi connectivity index (χ3v) is 8.55. The summed E-state index contributed by atoms with van der Waals surface area (Å²) >= 11 is 1.74. The van der Waals surface area contributed by atoms with Crippen molar-refractivity contribution >= 4 is 40.7 Å². The van der Waals surface area contributed by atoms with E-state index < -0.39 is 5.72 Å². The molecule has 6 aliphatic rings. The lowest BCUT2D eigenvalue weighted by Gasteiger charge is -2.57. The minimum absolute atomic E-state index is 0.0489. The summed E-state index contributed by atoms with van der Waals surface area (Å²) in [7, 11) is 0. The van der Waals surface area contributed by atoms with Gasteiger partial charge in [0.1, 0.15) is 11.0 Å². The van der Waals surface area contributed by atoms with Crippen LogP contribution in [0.15, 0.2) is 9.98 Å². The van der Waals surface area contributed by atoms with Crippen LogP contribution < -0.4 is 15.5 Å². The second-order valence-corrected chi connectivity index (χ2v) is 9.40. The monoisotopic (exact) mass is 353 g/mol. The number of carbonyl (C=O) groups excluding carboxylic acids is 1. The summed E-state index contributed by atoms with van der Waals surface area (Å²) in [6.07, 6.45) is 4.20. The fourth-order valence-electron chi connectivity index (χ4n) is 6.03. The van der Waals surface area contributed by atoms with Gasteiger partial charge in [0.15, 0.2) is 17.3 Å². The molecule has 2 N–H and O–H groups in total. The first-order valence-electron chi connectivity index (χ1n) is 8.76. The zero-order chi connectivity index (χ0) is 16.7. The molecule has 1 saturated carbocycles. The van der Waals surface area contributed by atoms with Crippen LogP contribution >= 0.6 is 11.8 Å². The van der Waals surface area contributed by atoms with E-state index in [1.165, 1.54) is 0 Å². The van der Waals surface area contributed by atoms with Crippen LogP contribution in [-0.2, 0) is 10.2 Å². The number of Topliss-reactive ketones (excluding diaryl/α,β-unsaturated/α-hetero) is 1. The molecule has 0 radical (unpaired) electrons. The van der Waals surface area contributed by atoms with Crippen molar-refractivity contribution in [1.29, 1.82) is 0 Å². The van der Waals surface area contributed by atoms with E-state index in [0.29, 0.717) is 30.4 Å². The number of phenols is 1. The first-order chi connectivity index (χ1) is 12.0. The van der Waals surface area contributed by atoms with Gasteiger partial charge in [0.2, 0.25) is 0 Å². The smallest absolute Gasteiger partial charge is 0.199 e. The van der Waals surface area contributed by atoms with Gasteiger partial charge in [-0.1, -0.05) is 0 Å². The molecule has 2 fully saturated rings. The average Bonchev–Trinajstić information content (AvgIpc) is 3.12. The van der Waals surface area contributed by atoms with Gasteiger partial charge < -0.3 is 15.1 Å². The van der Waals surface area contributed by atoms with Gasteiger partial charge in [-0.05, 0) is 18.4 Å². The number of nitrogens with zero attached hydrogens (tertiary/aromatic N) is 3. The lowest BCUT2D eigenvalue weighted by Crippen LogP contribution is -2.69. The lowest BCUT2D eigenvalue weighted by atomic mass is 9.59. The summed E-state index contributed by atoms with van der Waals surface area (Å²) < 4.78 is 0. The molecule has 25 heavy (non-hydrogen) atoms. The fourth-order valence-corrected chi connectivity index (χ4v) is 7.78. The summed E-state index contributed by atoms with van der Waals surface area (Å²) in [5.41, 5.74) is 1.95. The highest BCUT2D eigenvalue weighted by Gasteiger charge is 2.67. The number of hydrogen-bond donors (Lipinski definition) is 2. The van der Waals surface area contributed by atoms with Crippen molar-refractivity contribution in [3.8, 4) is 5.75 Å². The molecule has 1 spiro atoms. The molecule has 3 bridgehead atoms. The minimum atomic E-state index is -1.42. The summed E-state index contributed by atoms with van der Waals surface area (Å²) in [6, 6.07) is 0. The SMILES string of the molecule is O=C1CC2S[C@H]3C[C@]24C[C@@]1(O)N1CCC2=c5c(c(O)c(c4c51)=N3)N=C2. The van der Waals surface area contributed by atoms with Gasteiger partial charge in [0.05, 0.1) is 11.1 Å². The molecular weight excluding hydrogens is 338 g/mol. The molecule has 1 saturated heterocycles. The molecule has 126 valence electrons. The van der Waals surface area contributed by atoms with Crippen molar-refractivity contribution in [3.63, 3.8) is 0 Å². The van der Waals surface area contributed by atoms with Crippen LogP contribution in [0.1, 0.15) is 31.2 Å². The fraction of sp³-hybridized carbons (Fsp3) is 0.500. The predicted octanol–water partition coefficient (Wildman–Crippen LogP) is 0.237. The number of anilines is 1. The van der Waals surface area contributed by atoms with Crippen molar-refractivity contribution in [2.45, 2.75) is 47.4 Å². The minimum Gasteiger partial charge on any atom is -0.504 e. The highest BCUT2D eigenvalue weighted by atomic mass is 32.2. The second-order valence-electron chi connectivity index (χ2n) is 8.02. The largest absolute Gasteiger partial charge is 0.504 e. The molecular formula is C18H15N3O3S. The number of benzene rings is 1. The molecule has 0 amide bonds. The summed E-state index contributed by atoms with van der Waals surface area (Å²) in [5.74, 6) is 0.106. The van der Waals surface area contributed by atoms with E-state index in [1.807, 2.05) is 11.1 Å². The van der Waals surface area contributed by atoms with E-state index in [0.717, 1.165) is 34.9 Å². The van der Waals surface area contributed by atoms with Crippen molar-refractivity contribution in [3.05, 3.63) is 16.1 Å². The number of hydrogen-bond acceptors (Lipinski definition) is 7. The Bertz CT molecular complexity index is 1100. The van der Waals surface area contributed by atoms with Crippen molar-refractivity contribution < 1.29 is 15.0 Å². The van der Waals surface area contributed by atoms with E-state index in [4.69, 9.17) is 4.99 Å². The molecule has 6 nitrogen and oxygen atoms in total. The summed E-state index contributed by atoms with van der Waals surface area (Å²) in [6.45, 7) is 0.602. The van der Waals surface area contributed by atoms with Crippen LogP contribution in [0.5, 0.6) is 5.75 Å². The van der Waals surface area contributed by atoms with E-state index >= 15 is 0 Å². The standard InChI is InChI=1S/C18H15N3O3S/c22-8-3-9-17-4-10(25-9)20-14-12(17)15-11-7(5-19-13(11)16(14)23)1-2-21(15)18(8,24)6-17/h5,9-10,23-24H,1-4,6H2/t9?,10-,17-,18-/m0/s1. The van der Waals surface area contributed by atoms with Crippen molar-refractivity contribution in [1.82, 2.24) is 0 Å². The van der Waals surface area contributed by atoms with Crippen LogP contribution in [0.2, 0.25) is 0 Å². The van der Waals surface area contributed by atoms with Gasteiger partial charge in [-0.2, -0.15) is 0 Å². The van der Waals surface area contributed by atoms with E-state index in [2.05, 4.69) is 4.99 Å². The molecule has 5 aliphatic heterocycles. The third kappa shape index (κ3) is 1.18. The van der Waals surface area contributed by atoms with Gasteiger partial charge in [0.25, 0.3) is 0 Å². The van der Waals surface area contributed by atoms with E-state index in [1.54, 1.807) is 11.8 Å². The van der Waals surface area contributed by atoms with Gasteiger partial charge in [-0.3, -0.25) is 14.8 Å². The third-order valence-electron chi connectivity index (χ3n) is 7.01. The predicted molar refractivity (Wildman–Crippen MR) is 93.1 cm³/mol. The molecule has 5 heterocycles. The quantitative estimate of drug-likeness (QED) is 0.698. The highest BCUT2D eigenvalue weighted by molar-refractivity contribution is 8.00. The van der Waals surface area contributed by atoms with Crippen LogP contribution in [-0.4, -0.2) is 45.1 Å².